The number of Topliss-reactive ketones (excluding diaryl/α,β-unsaturated/α-hetero) is 1. The molecule has 25 heavy (non-hydrogen) atoms. The summed E-state index contributed by atoms with van der Waals surface area (Å²) in [6.07, 6.45) is 0. The van der Waals surface area contributed by atoms with Gasteiger partial charge in [-0.3, -0.25) is 4.79 Å². The largest absolute Gasteiger partial charge is 0.485 e. The van der Waals surface area contributed by atoms with E-state index in [1.807, 2.05) is 19.9 Å². The molecule has 4 nitrogen and oxygen atoms in total. The van der Waals surface area contributed by atoms with Crippen molar-refractivity contribution in [1.29, 1.82) is 0 Å². The van der Waals surface area contributed by atoms with Crippen LogP contribution >= 0.6 is 11.6 Å². The van der Waals surface area contributed by atoms with E-state index in [9.17, 15) is 9.59 Å². The minimum absolute atomic E-state index is 0.108. The van der Waals surface area contributed by atoms with Gasteiger partial charge in [-0.05, 0) is 62.7 Å². The maximum Gasteiger partial charge on any atom is 0.339 e. The standard InChI is InChI=1S/C20H17ClO4/c1-11-12(2)20(23)25-19-13(3)18(9-8-16(11)19)24-10-17(22)14-4-6-15(21)7-5-14/h4-9H,10H2,1-3H3. The highest BCUT2D eigenvalue weighted by Gasteiger charge is 2.14. The Kier molecular flexibility index (Phi) is 4.64. The van der Waals surface area contributed by atoms with Gasteiger partial charge < -0.3 is 9.15 Å². The van der Waals surface area contributed by atoms with Crippen LogP contribution in [0, 0.1) is 20.8 Å². The minimum atomic E-state index is -0.359. The number of carbonyl (C=O) groups excluding carboxylic acids is 1. The lowest BCUT2D eigenvalue weighted by molar-refractivity contribution is 0.0921. The third-order valence-electron chi connectivity index (χ3n) is 4.35. The molecule has 0 bridgehead atoms. The topological polar surface area (TPSA) is 56.5 Å². The van der Waals surface area contributed by atoms with Crippen molar-refractivity contribution in [2.75, 3.05) is 6.61 Å². The summed E-state index contributed by atoms with van der Waals surface area (Å²) in [5.74, 6) is 0.360. The van der Waals surface area contributed by atoms with Gasteiger partial charge in [-0.1, -0.05) is 11.6 Å². The Morgan fingerprint density at radius 1 is 1.00 bits per heavy atom. The third-order valence-corrected chi connectivity index (χ3v) is 4.60. The number of ketones is 1. The highest BCUT2D eigenvalue weighted by Crippen LogP contribution is 2.29. The van der Waals surface area contributed by atoms with Crippen LogP contribution < -0.4 is 10.4 Å². The number of halogens is 1. The van der Waals surface area contributed by atoms with E-state index in [0.717, 1.165) is 10.9 Å². The maximum atomic E-state index is 12.2. The zero-order chi connectivity index (χ0) is 18.1. The molecule has 0 spiro atoms. The van der Waals surface area contributed by atoms with Crippen molar-refractivity contribution >= 4 is 28.4 Å². The van der Waals surface area contributed by atoms with Gasteiger partial charge in [0.15, 0.2) is 12.4 Å². The van der Waals surface area contributed by atoms with Crippen LogP contribution in [0.5, 0.6) is 5.75 Å². The monoisotopic (exact) mass is 356 g/mol. The van der Waals surface area contributed by atoms with Gasteiger partial charge in [0.1, 0.15) is 11.3 Å². The highest BCUT2D eigenvalue weighted by molar-refractivity contribution is 6.30. The number of ether oxygens (including phenoxy) is 1. The van der Waals surface area contributed by atoms with Gasteiger partial charge in [0.2, 0.25) is 0 Å². The van der Waals surface area contributed by atoms with Crippen LogP contribution in [0.1, 0.15) is 27.0 Å². The number of rotatable bonds is 4. The van der Waals surface area contributed by atoms with Gasteiger partial charge in [-0.15, -0.1) is 0 Å². The lowest BCUT2D eigenvalue weighted by Gasteiger charge is -2.12. The van der Waals surface area contributed by atoms with E-state index < -0.39 is 0 Å². The van der Waals surface area contributed by atoms with E-state index in [2.05, 4.69) is 0 Å². The fourth-order valence-corrected chi connectivity index (χ4v) is 2.77. The fourth-order valence-electron chi connectivity index (χ4n) is 2.64. The lowest BCUT2D eigenvalue weighted by atomic mass is 10.0. The molecule has 5 heteroatoms. The Morgan fingerprint density at radius 2 is 1.68 bits per heavy atom. The third kappa shape index (κ3) is 3.30. The predicted octanol–water partition coefficient (Wildman–Crippen LogP) is 4.63. The number of carbonyl (C=O) groups is 1. The van der Waals surface area contributed by atoms with Crippen LogP contribution in [0.3, 0.4) is 0 Å². The van der Waals surface area contributed by atoms with Crippen molar-refractivity contribution in [2.24, 2.45) is 0 Å². The summed E-state index contributed by atoms with van der Waals surface area (Å²) in [7, 11) is 0. The molecule has 0 aliphatic carbocycles. The number of hydrogen-bond acceptors (Lipinski definition) is 4. The van der Waals surface area contributed by atoms with Crippen LogP contribution in [-0.4, -0.2) is 12.4 Å². The van der Waals surface area contributed by atoms with Gasteiger partial charge in [0.25, 0.3) is 0 Å². The Labute approximate surface area is 150 Å². The average Bonchev–Trinajstić information content (AvgIpc) is 2.60. The molecular weight excluding hydrogens is 340 g/mol. The second-order valence-electron chi connectivity index (χ2n) is 5.92. The molecule has 0 fully saturated rings. The van der Waals surface area contributed by atoms with E-state index in [0.29, 0.717) is 33.0 Å². The summed E-state index contributed by atoms with van der Waals surface area (Å²) < 4.78 is 11.1. The lowest BCUT2D eigenvalue weighted by Crippen LogP contribution is -2.12. The molecule has 0 saturated carbocycles. The normalized spacial score (nSPS) is 10.9. The van der Waals surface area contributed by atoms with Crippen LogP contribution in [0.25, 0.3) is 11.0 Å². The molecule has 0 aliphatic rings. The molecule has 0 N–H and O–H groups in total. The molecule has 128 valence electrons. The number of aryl methyl sites for hydroxylation is 2. The Hall–Kier alpha value is -2.59. The Bertz CT molecular complexity index is 1020. The summed E-state index contributed by atoms with van der Waals surface area (Å²) in [4.78, 5) is 24.1. The van der Waals surface area contributed by atoms with Crippen LogP contribution in [0.2, 0.25) is 5.02 Å². The zero-order valence-electron chi connectivity index (χ0n) is 14.2. The second-order valence-corrected chi connectivity index (χ2v) is 6.36. The first-order chi connectivity index (χ1) is 11.9. The molecule has 0 aliphatic heterocycles. The van der Waals surface area contributed by atoms with E-state index in [-0.39, 0.29) is 18.0 Å². The van der Waals surface area contributed by atoms with Crippen molar-refractivity contribution in [3.05, 3.63) is 74.1 Å². The van der Waals surface area contributed by atoms with Gasteiger partial charge >= 0.3 is 5.63 Å². The molecule has 1 heterocycles. The summed E-state index contributed by atoms with van der Waals surface area (Å²) in [5.41, 5.74) is 2.84. The first-order valence-electron chi connectivity index (χ1n) is 7.83. The van der Waals surface area contributed by atoms with Crippen molar-refractivity contribution in [3.63, 3.8) is 0 Å². The summed E-state index contributed by atoms with van der Waals surface area (Å²) in [6, 6.07) is 10.3. The average molecular weight is 357 g/mol. The molecule has 3 rings (SSSR count). The van der Waals surface area contributed by atoms with E-state index in [1.165, 1.54) is 0 Å². The second kappa shape index (κ2) is 6.73. The molecule has 1 aromatic heterocycles. The number of hydrogen-bond donors (Lipinski definition) is 0. The summed E-state index contributed by atoms with van der Waals surface area (Å²) in [5, 5.41) is 1.44. The highest BCUT2D eigenvalue weighted by atomic mass is 35.5. The Balaban J connectivity index is 1.88. The smallest absolute Gasteiger partial charge is 0.339 e. The fraction of sp³-hybridized carbons (Fsp3) is 0.200. The van der Waals surface area contributed by atoms with E-state index in [1.54, 1.807) is 37.3 Å². The van der Waals surface area contributed by atoms with Gasteiger partial charge in [-0.2, -0.15) is 0 Å². The molecule has 0 atom stereocenters. The van der Waals surface area contributed by atoms with Gasteiger partial charge in [0, 0.05) is 27.1 Å². The van der Waals surface area contributed by atoms with Crippen LogP contribution in [0.15, 0.2) is 45.6 Å². The van der Waals surface area contributed by atoms with Crippen LogP contribution in [-0.2, 0) is 0 Å². The van der Waals surface area contributed by atoms with Crippen molar-refractivity contribution < 1.29 is 13.9 Å². The zero-order valence-corrected chi connectivity index (χ0v) is 14.9. The first-order valence-corrected chi connectivity index (χ1v) is 8.21. The number of fused-ring (bicyclic) bond motifs is 1. The minimum Gasteiger partial charge on any atom is -0.485 e. The molecular formula is C20H17ClO4. The van der Waals surface area contributed by atoms with Crippen molar-refractivity contribution in [3.8, 4) is 5.75 Å². The van der Waals surface area contributed by atoms with E-state index >= 15 is 0 Å². The van der Waals surface area contributed by atoms with Crippen molar-refractivity contribution in [2.45, 2.75) is 20.8 Å². The predicted molar refractivity (Wildman–Crippen MR) is 98.0 cm³/mol. The Morgan fingerprint density at radius 3 is 2.36 bits per heavy atom. The maximum absolute atomic E-state index is 12.2. The molecule has 3 aromatic rings. The van der Waals surface area contributed by atoms with Crippen LogP contribution in [0.4, 0.5) is 0 Å². The first kappa shape index (κ1) is 17.2. The molecule has 0 radical (unpaired) electrons. The SMILES string of the molecule is Cc1c(C)c2ccc(OCC(=O)c3ccc(Cl)cc3)c(C)c2oc1=O. The number of benzene rings is 2. The van der Waals surface area contributed by atoms with Gasteiger partial charge in [-0.25, -0.2) is 4.79 Å². The van der Waals surface area contributed by atoms with E-state index in [4.69, 9.17) is 20.8 Å². The molecule has 0 unspecified atom stereocenters. The molecule has 2 aromatic carbocycles. The molecule has 0 saturated heterocycles. The summed E-state index contributed by atoms with van der Waals surface area (Å²) in [6.45, 7) is 5.33. The van der Waals surface area contributed by atoms with Gasteiger partial charge in [0.05, 0.1) is 0 Å². The quantitative estimate of drug-likeness (QED) is 0.505. The molecule has 0 amide bonds. The summed E-state index contributed by atoms with van der Waals surface area (Å²) >= 11 is 5.82. The van der Waals surface area contributed by atoms with Crippen molar-refractivity contribution in [1.82, 2.24) is 0 Å².